The molecule has 0 spiro atoms. The lowest BCUT2D eigenvalue weighted by molar-refractivity contribution is -0.113. The van der Waals surface area contributed by atoms with Gasteiger partial charge in [0.2, 0.25) is 5.91 Å². The zero-order valence-corrected chi connectivity index (χ0v) is 19.0. The van der Waals surface area contributed by atoms with Gasteiger partial charge in [-0.15, -0.1) is 21.5 Å². The molecule has 2 heterocycles. The normalized spacial score (nSPS) is 10.9. The fourth-order valence-corrected chi connectivity index (χ4v) is 4.70. The second kappa shape index (κ2) is 10.4. The summed E-state index contributed by atoms with van der Waals surface area (Å²) in [4.78, 5) is 13.6. The van der Waals surface area contributed by atoms with E-state index < -0.39 is 0 Å². The molecule has 31 heavy (non-hydrogen) atoms. The monoisotopic (exact) mass is 448 g/mol. The first kappa shape index (κ1) is 21.3. The molecule has 4 aromatic rings. The maximum absolute atomic E-state index is 12.5. The number of rotatable bonds is 9. The first-order chi connectivity index (χ1) is 15.2. The number of aryl methyl sites for hydroxylation is 2. The average molecular weight is 449 g/mol. The van der Waals surface area contributed by atoms with Gasteiger partial charge in [0.25, 0.3) is 0 Å². The second-order valence-electron chi connectivity index (χ2n) is 7.06. The minimum atomic E-state index is -0.0514. The van der Waals surface area contributed by atoms with Gasteiger partial charge in [0, 0.05) is 12.2 Å². The molecular formula is C24H24N4OS2. The summed E-state index contributed by atoms with van der Waals surface area (Å²) in [6, 6.07) is 22.4. The van der Waals surface area contributed by atoms with E-state index >= 15 is 0 Å². The Hall–Kier alpha value is -2.90. The van der Waals surface area contributed by atoms with Crippen LogP contribution in [0, 0.1) is 0 Å². The summed E-state index contributed by atoms with van der Waals surface area (Å²) in [6.07, 6.45) is 1.86. The van der Waals surface area contributed by atoms with E-state index in [1.807, 2.05) is 41.8 Å². The number of thioether (sulfide) groups is 1. The van der Waals surface area contributed by atoms with E-state index in [2.05, 4.69) is 57.3 Å². The number of anilines is 1. The Balaban J connectivity index is 1.44. The topological polar surface area (TPSA) is 59.8 Å². The molecule has 0 radical (unpaired) electrons. The first-order valence-electron chi connectivity index (χ1n) is 10.3. The first-order valence-corrected chi connectivity index (χ1v) is 12.1. The van der Waals surface area contributed by atoms with Crippen molar-refractivity contribution >= 4 is 34.7 Å². The van der Waals surface area contributed by atoms with Crippen LogP contribution in [-0.4, -0.2) is 26.4 Å². The molecule has 0 saturated carbocycles. The molecule has 0 aliphatic heterocycles. The summed E-state index contributed by atoms with van der Waals surface area (Å²) in [5.74, 6) is 1.08. The van der Waals surface area contributed by atoms with Gasteiger partial charge in [-0.25, -0.2) is 0 Å². The van der Waals surface area contributed by atoms with Crippen molar-refractivity contribution in [1.29, 1.82) is 0 Å². The molecule has 0 atom stereocenters. The Morgan fingerprint density at radius 2 is 1.81 bits per heavy atom. The Morgan fingerprint density at radius 3 is 2.52 bits per heavy atom. The van der Waals surface area contributed by atoms with Gasteiger partial charge in [0.05, 0.1) is 10.6 Å². The standard InChI is InChI=1S/C24H24N4OS2/c1-2-18-10-12-20(13-11-18)25-22(29)17-31-24-27-26-23(21-9-6-16-30-21)28(24)15-14-19-7-4-3-5-8-19/h3-13,16H,2,14-15,17H2,1H3,(H,25,29). The molecule has 1 amide bonds. The number of benzene rings is 2. The van der Waals surface area contributed by atoms with Crippen molar-refractivity contribution in [2.45, 2.75) is 31.5 Å². The Kier molecular flexibility index (Phi) is 7.17. The fourth-order valence-electron chi connectivity index (χ4n) is 3.22. The number of nitrogens with one attached hydrogen (secondary N) is 1. The number of carbonyl (C=O) groups is 1. The number of hydrogen-bond acceptors (Lipinski definition) is 5. The third-order valence-electron chi connectivity index (χ3n) is 4.90. The smallest absolute Gasteiger partial charge is 0.234 e. The van der Waals surface area contributed by atoms with E-state index in [0.717, 1.165) is 40.9 Å². The highest BCUT2D eigenvalue weighted by molar-refractivity contribution is 7.99. The molecular weight excluding hydrogens is 424 g/mol. The molecule has 0 saturated heterocycles. The predicted octanol–water partition coefficient (Wildman–Crippen LogP) is 5.54. The van der Waals surface area contributed by atoms with Crippen LogP contribution < -0.4 is 5.32 Å². The van der Waals surface area contributed by atoms with Crippen LogP contribution in [-0.2, 0) is 24.2 Å². The summed E-state index contributed by atoms with van der Waals surface area (Å²) in [6.45, 7) is 2.87. The van der Waals surface area contributed by atoms with Crippen LogP contribution in [0.25, 0.3) is 10.7 Å². The van der Waals surface area contributed by atoms with Gasteiger partial charge < -0.3 is 9.88 Å². The summed E-state index contributed by atoms with van der Waals surface area (Å²) in [5, 5.41) is 14.6. The molecule has 0 unspecified atom stereocenters. The van der Waals surface area contributed by atoms with Crippen molar-refractivity contribution in [2.75, 3.05) is 11.1 Å². The minimum absolute atomic E-state index is 0.0514. The lowest BCUT2D eigenvalue weighted by atomic mass is 10.1. The Morgan fingerprint density at radius 1 is 1.00 bits per heavy atom. The average Bonchev–Trinajstić information content (AvgIpc) is 3.47. The van der Waals surface area contributed by atoms with Crippen LogP contribution >= 0.6 is 23.1 Å². The summed E-state index contributed by atoms with van der Waals surface area (Å²) in [5.41, 5.74) is 3.32. The SMILES string of the molecule is CCc1ccc(NC(=O)CSc2nnc(-c3cccs3)n2CCc2ccccc2)cc1. The zero-order valence-electron chi connectivity index (χ0n) is 17.3. The van der Waals surface area contributed by atoms with Crippen LogP contribution in [0.1, 0.15) is 18.1 Å². The molecule has 2 aromatic carbocycles. The number of aromatic nitrogens is 3. The minimum Gasteiger partial charge on any atom is -0.325 e. The molecule has 0 aliphatic carbocycles. The highest BCUT2D eigenvalue weighted by Gasteiger charge is 2.16. The van der Waals surface area contributed by atoms with Crippen molar-refractivity contribution in [1.82, 2.24) is 14.8 Å². The number of thiophene rings is 1. The number of carbonyl (C=O) groups excluding carboxylic acids is 1. The highest BCUT2D eigenvalue weighted by atomic mass is 32.2. The number of hydrogen-bond donors (Lipinski definition) is 1. The molecule has 7 heteroatoms. The number of amides is 1. The number of nitrogens with zero attached hydrogens (tertiary/aromatic N) is 3. The van der Waals surface area contributed by atoms with Gasteiger partial charge in [0.15, 0.2) is 11.0 Å². The molecule has 0 bridgehead atoms. The van der Waals surface area contributed by atoms with Gasteiger partial charge in [-0.2, -0.15) is 0 Å². The summed E-state index contributed by atoms with van der Waals surface area (Å²) < 4.78 is 2.12. The van der Waals surface area contributed by atoms with E-state index in [1.165, 1.54) is 22.9 Å². The lowest BCUT2D eigenvalue weighted by Gasteiger charge is -2.10. The van der Waals surface area contributed by atoms with Gasteiger partial charge in [0.1, 0.15) is 0 Å². The van der Waals surface area contributed by atoms with Crippen LogP contribution in [0.5, 0.6) is 0 Å². The van der Waals surface area contributed by atoms with Gasteiger partial charge in [-0.1, -0.05) is 67.2 Å². The van der Waals surface area contributed by atoms with Gasteiger partial charge >= 0.3 is 0 Å². The Labute approximate surface area is 190 Å². The van der Waals surface area contributed by atoms with Gasteiger partial charge in [-0.05, 0) is 47.5 Å². The van der Waals surface area contributed by atoms with Crippen LogP contribution in [0.3, 0.4) is 0 Å². The quantitative estimate of drug-likeness (QED) is 0.341. The maximum atomic E-state index is 12.5. The zero-order chi connectivity index (χ0) is 21.5. The van der Waals surface area contributed by atoms with Crippen molar-refractivity contribution in [3.63, 3.8) is 0 Å². The van der Waals surface area contributed by atoms with Crippen LogP contribution in [0.2, 0.25) is 0 Å². The van der Waals surface area contributed by atoms with E-state index in [1.54, 1.807) is 11.3 Å². The molecule has 5 nitrogen and oxygen atoms in total. The molecule has 1 N–H and O–H groups in total. The van der Waals surface area contributed by atoms with Crippen molar-refractivity contribution in [2.24, 2.45) is 0 Å². The lowest BCUT2D eigenvalue weighted by Crippen LogP contribution is -2.15. The van der Waals surface area contributed by atoms with E-state index in [4.69, 9.17) is 0 Å². The molecule has 4 rings (SSSR count). The molecule has 2 aromatic heterocycles. The fraction of sp³-hybridized carbons (Fsp3) is 0.208. The van der Waals surface area contributed by atoms with Crippen molar-refractivity contribution in [3.8, 4) is 10.7 Å². The summed E-state index contributed by atoms with van der Waals surface area (Å²) >= 11 is 3.06. The Bertz CT molecular complexity index is 1110. The maximum Gasteiger partial charge on any atom is 0.234 e. The molecule has 0 fully saturated rings. The second-order valence-corrected chi connectivity index (χ2v) is 8.95. The third kappa shape index (κ3) is 5.62. The largest absolute Gasteiger partial charge is 0.325 e. The third-order valence-corrected chi connectivity index (χ3v) is 6.74. The van der Waals surface area contributed by atoms with Crippen molar-refractivity contribution in [3.05, 3.63) is 83.2 Å². The van der Waals surface area contributed by atoms with E-state index in [-0.39, 0.29) is 11.7 Å². The van der Waals surface area contributed by atoms with E-state index in [9.17, 15) is 4.79 Å². The predicted molar refractivity (Wildman–Crippen MR) is 129 cm³/mol. The highest BCUT2D eigenvalue weighted by Crippen LogP contribution is 2.27. The summed E-state index contributed by atoms with van der Waals surface area (Å²) in [7, 11) is 0. The van der Waals surface area contributed by atoms with Crippen molar-refractivity contribution < 1.29 is 4.79 Å². The molecule has 0 aliphatic rings. The van der Waals surface area contributed by atoms with Crippen LogP contribution in [0.4, 0.5) is 5.69 Å². The molecule has 158 valence electrons. The van der Waals surface area contributed by atoms with Gasteiger partial charge in [-0.3, -0.25) is 4.79 Å². The van der Waals surface area contributed by atoms with Crippen LogP contribution in [0.15, 0.2) is 77.3 Å². The van der Waals surface area contributed by atoms with E-state index in [0.29, 0.717) is 0 Å².